The first-order chi connectivity index (χ1) is 10.2. The Balaban J connectivity index is 1.54. The molecule has 114 valence electrons. The molecular formula is C13H19N5O2S. The predicted molar refractivity (Wildman–Crippen MR) is 77.5 cm³/mol. The van der Waals surface area contributed by atoms with Crippen LogP contribution in [-0.4, -0.2) is 57.1 Å². The lowest BCUT2D eigenvalue weighted by molar-refractivity contribution is -0.0584. The molecule has 1 aromatic rings. The zero-order chi connectivity index (χ0) is 14.4. The lowest BCUT2D eigenvalue weighted by atomic mass is 10.0. The standard InChI is InChI=1S/C13H19N5O2S/c19-13-17-8-9(18(13)20)4-5-10(17)11-14-15-12(21-11)16-6-2-1-3-7-16/h9-10,20H,1-8H2/t9-,10+/m1/s1. The van der Waals surface area contributed by atoms with Gasteiger partial charge in [0.05, 0.1) is 12.1 Å². The van der Waals surface area contributed by atoms with E-state index in [1.165, 1.54) is 19.3 Å². The topological polar surface area (TPSA) is 72.8 Å². The number of hydrogen-bond donors (Lipinski definition) is 1. The number of fused-ring (bicyclic) bond motifs is 2. The fourth-order valence-corrected chi connectivity index (χ4v) is 4.52. The normalized spacial score (nSPS) is 29.4. The third-order valence-corrected chi connectivity index (χ3v) is 5.77. The van der Waals surface area contributed by atoms with Gasteiger partial charge in [0, 0.05) is 19.6 Å². The summed E-state index contributed by atoms with van der Waals surface area (Å²) in [4.78, 5) is 16.0. The summed E-state index contributed by atoms with van der Waals surface area (Å²) in [7, 11) is 0. The maximum absolute atomic E-state index is 12.0. The molecule has 0 unspecified atom stereocenters. The summed E-state index contributed by atoms with van der Waals surface area (Å²) in [6.07, 6.45) is 5.39. The second-order valence-electron chi connectivity index (χ2n) is 6.00. The van der Waals surface area contributed by atoms with Crippen molar-refractivity contribution in [2.24, 2.45) is 0 Å². The van der Waals surface area contributed by atoms with Gasteiger partial charge in [-0.15, -0.1) is 10.2 Å². The maximum atomic E-state index is 12.0. The van der Waals surface area contributed by atoms with E-state index < -0.39 is 0 Å². The molecule has 0 aromatic carbocycles. The summed E-state index contributed by atoms with van der Waals surface area (Å²) in [6.45, 7) is 2.70. The van der Waals surface area contributed by atoms with Crippen LogP contribution in [0.1, 0.15) is 43.2 Å². The average Bonchev–Trinajstić information content (AvgIpc) is 3.10. The summed E-state index contributed by atoms with van der Waals surface area (Å²) in [5, 5.41) is 21.1. The van der Waals surface area contributed by atoms with Gasteiger partial charge < -0.3 is 9.80 Å². The maximum Gasteiger partial charge on any atom is 0.344 e. The van der Waals surface area contributed by atoms with Crippen LogP contribution in [-0.2, 0) is 0 Å². The molecule has 4 rings (SSSR count). The molecule has 2 amide bonds. The van der Waals surface area contributed by atoms with Gasteiger partial charge in [-0.3, -0.25) is 5.21 Å². The summed E-state index contributed by atoms with van der Waals surface area (Å²) in [5.74, 6) is 0. The number of carbonyl (C=O) groups is 1. The molecule has 3 saturated heterocycles. The number of urea groups is 1. The minimum atomic E-state index is -0.294. The van der Waals surface area contributed by atoms with Crippen molar-refractivity contribution >= 4 is 22.5 Å². The SMILES string of the molecule is O=C1N(O)[C@@H]2CC[C@@H](c3nnc(N4CCCCC4)s3)N1C2. The first-order valence-corrected chi connectivity index (χ1v) is 8.43. The smallest absolute Gasteiger partial charge is 0.344 e. The number of nitrogens with zero attached hydrogens (tertiary/aromatic N) is 5. The van der Waals surface area contributed by atoms with E-state index in [2.05, 4.69) is 15.1 Å². The van der Waals surface area contributed by atoms with Crippen LogP contribution < -0.4 is 4.90 Å². The van der Waals surface area contributed by atoms with Gasteiger partial charge in [0.2, 0.25) is 5.13 Å². The van der Waals surface area contributed by atoms with Crippen molar-refractivity contribution in [1.29, 1.82) is 0 Å². The van der Waals surface area contributed by atoms with Crippen LogP contribution in [0.2, 0.25) is 0 Å². The number of rotatable bonds is 2. The van der Waals surface area contributed by atoms with E-state index >= 15 is 0 Å². The highest BCUT2D eigenvalue weighted by molar-refractivity contribution is 7.15. The molecule has 0 saturated carbocycles. The fraction of sp³-hybridized carbons (Fsp3) is 0.769. The second-order valence-corrected chi connectivity index (χ2v) is 6.98. The number of carbonyl (C=O) groups excluding carboxylic acids is 1. The second kappa shape index (κ2) is 5.10. The van der Waals surface area contributed by atoms with Crippen molar-refractivity contribution in [3.05, 3.63) is 5.01 Å². The van der Waals surface area contributed by atoms with Gasteiger partial charge in [-0.05, 0) is 32.1 Å². The molecule has 3 fully saturated rings. The van der Waals surface area contributed by atoms with E-state index in [1.54, 1.807) is 16.2 Å². The molecule has 3 aliphatic rings. The van der Waals surface area contributed by atoms with Crippen molar-refractivity contribution in [3.63, 3.8) is 0 Å². The van der Waals surface area contributed by atoms with Gasteiger partial charge in [0.15, 0.2) is 0 Å². The van der Waals surface area contributed by atoms with Crippen molar-refractivity contribution in [2.45, 2.75) is 44.2 Å². The molecule has 1 N–H and O–H groups in total. The molecular weight excluding hydrogens is 290 g/mol. The molecule has 1 aromatic heterocycles. The summed E-state index contributed by atoms with van der Waals surface area (Å²) in [6, 6.07) is -0.373. The van der Waals surface area contributed by atoms with E-state index in [1.807, 2.05) is 0 Å². The van der Waals surface area contributed by atoms with Crippen LogP contribution in [0, 0.1) is 0 Å². The summed E-state index contributed by atoms with van der Waals surface area (Å²) >= 11 is 1.60. The van der Waals surface area contributed by atoms with Crippen LogP contribution in [0.25, 0.3) is 0 Å². The first kappa shape index (κ1) is 13.3. The minimum Gasteiger partial charge on any atom is -0.347 e. The third kappa shape index (κ3) is 2.17. The van der Waals surface area contributed by atoms with Gasteiger partial charge in [-0.25, -0.2) is 9.86 Å². The number of amides is 2. The van der Waals surface area contributed by atoms with E-state index in [9.17, 15) is 10.0 Å². The zero-order valence-electron chi connectivity index (χ0n) is 11.8. The average molecular weight is 309 g/mol. The molecule has 0 spiro atoms. The molecule has 2 bridgehead atoms. The third-order valence-electron chi connectivity index (χ3n) is 4.69. The number of anilines is 1. The number of hydrogen-bond acceptors (Lipinski definition) is 6. The number of hydroxylamine groups is 2. The fourth-order valence-electron chi connectivity index (χ4n) is 3.48. The van der Waals surface area contributed by atoms with Crippen LogP contribution in [0.4, 0.5) is 9.93 Å². The molecule has 0 aliphatic carbocycles. The first-order valence-electron chi connectivity index (χ1n) is 7.61. The Morgan fingerprint density at radius 2 is 1.95 bits per heavy atom. The summed E-state index contributed by atoms with van der Waals surface area (Å²) in [5.41, 5.74) is 0. The highest BCUT2D eigenvalue weighted by Gasteiger charge is 2.45. The number of piperidine rings is 2. The van der Waals surface area contributed by atoms with Crippen LogP contribution in [0.3, 0.4) is 0 Å². The quantitative estimate of drug-likeness (QED) is 0.844. The highest BCUT2D eigenvalue weighted by atomic mass is 32.1. The van der Waals surface area contributed by atoms with Gasteiger partial charge >= 0.3 is 6.03 Å². The largest absolute Gasteiger partial charge is 0.347 e. The Morgan fingerprint density at radius 3 is 2.76 bits per heavy atom. The highest BCUT2D eigenvalue weighted by Crippen LogP contribution is 2.39. The van der Waals surface area contributed by atoms with Gasteiger partial charge in [-0.1, -0.05) is 11.3 Å². The van der Waals surface area contributed by atoms with Crippen molar-refractivity contribution < 1.29 is 10.0 Å². The monoisotopic (exact) mass is 309 g/mol. The lowest BCUT2D eigenvalue weighted by Gasteiger charge is -2.28. The molecule has 2 atom stereocenters. The molecule has 8 heteroatoms. The molecule has 7 nitrogen and oxygen atoms in total. The van der Waals surface area contributed by atoms with Crippen molar-refractivity contribution in [2.75, 3.05) is 24.5 Å². The Bertz CT molecular complexity index is 544. The molecule has 4 heterocycles. The van der Waals surface area contributed by atoms with Crippen molar-refractivity contribution in [3.8, 4) is 0 Å². The number of aromatic nitrogens is 2. The zero-order valence-corrected chi connectivity index (χ0v) is 12.6. The van der Waals surface area contributed by atoms with Gasteiger partial charge in [-0.2, -0.15) is 0 Å². The molecule has 3 aliphatic heterocycles. The molecule has 21 heavy (non-hydrogen) atoms. The Hall–Kier alpha value is -1.41. The Kier molecular flexibility index (Phi) is 3.22. The van der Waals surface area contributed by atoms with Gasteiger partial charge in [0.25, 0.3) is 0 Å². The van der Waals surface area contributed by atoms with Crippen molar-refractivity contribution in [1.82, 2.24) is 20.2 Å². The van der Waals surface area contributed by atoms with E-state index in [0.717, 1.165) is 41.1 Å². The van der Waals surface area contributed by atoms with Crippen LogP contribution >= 0.6 is 11.3 Å². The van der Waals surface area contributed by atoms with E-state index in [0.29, 0.717) is 6.54 Å². The van der Waals surface area contributed by atoms with Crippen LogP contribution in [0.15, 0.2) is 0 Å². The minimum absolute atomic E-state index is 0.0260. The van der Waals surface area contributed by atoms with Gasteiger partial charge in [0.1, 0.15) is 5.01 Å². The van der Waals surface area contributed by atoms with E-state index in [-0.39, 0.29) is 18.1 Å². The van der Waals surface area contributed by atoms with Crippen LogP contribution in [0.5, 0.6) is 0 Å². The Morgan fingerprint density at radius 1 is 1.14 bits per heavy atom. The van der Waals surface area contributed by atoms with E-state index in [4.69, 9.17) is 0 Å². The molecule has 0 radical (unpaired) electrons. The predicted octanol–water partition coefficient (Wildman–Crippen LogP) is 1.86. The summed E-state index contributed by atoms with van der Waals surface area (Å²) < 4.78 is 0. The lowest BCUT2D eigenvalue weighted by Crippen LogP contribution is -2.33. The Labute approximate surface area is 127 Å².